The van der Waals surface area contributed by atoms with Crippen molar-refractivity contribution in [3.8, 4) is 11.5 Å². The number of benzene rings is 2. The second-order valence-corrected chi connectivity index (χ2v) is 10.0. The molecule has 0 aromatic heterocycles. The van der Waals surface area contributed by atoms with Crippen LogP contribution in [0.5, 0.6) is 11.5 Å². The van der Waals surface area contributed by atoms with Crippen molar-refractivity contribution in [1.82, 2.24) is 0 Å². The molecule has 4 rings (SSSR count). The van der Waals surface area contributed by atoms with Gasteiger partial charge >= 0.3 is 0 Å². The van der Waals surface area contributed by atoms with E-state index in [-0.39, 0.29) is 29.4 Å². The second-order valence-electron chi connectivity index (χ2n) is 10.0. The summed E-state index contributed by atoms with van der Waals surface area (Å²) >= 11 is 0. The zero-order chi connectivity index (χ0) is 24.4. The molecular weight excluding hydrogens is 447 g/mol. The van der Waals surface area contributed by atoms with Crippen molar-refractivity contribution >= 4 is 0 Å². The van der Waals surface area contributed by atoms with E-state index in [0.717, 1.165) is 55.7 Å². The Kier molecular flexibility index (Phi) is 7.83. The molecule has 6 heteroatoms. The minimum Gasteiger partial charge on any atom is -0.456 e. The van der Waals surface area contributed by atoms with Crippen LogP contribution in [0.4, 0.5) is 22.0 Å². The Morgan fingerprint density at radius 3 is 1.76 bits per heavy atom. The molecule has 186 valence electrons. The van der Waals surface area contributed by atoms with Gasteiger partial charge in [0.1, 0.15) is 11.5 Å². The van der Waals surface area contributed by atoms with Gasteiger partial charge < -0.3 is 4.74 Å². The number of rotatable bonds is 6. The van der Waals surface area contributed by atoms with E-state index in [1.165, 1.54) is 32.1 Å². The van der Waals surface area contributed by atoms with Gasteiger partial charge in [-0.15, -0.1) is 0 Å². The van der Waals surface area contributed by atoms with Crippen molar-refractivity contribution in [2.75, 3.05) is 0 Å². The lowest BCUT2D eigenvalue weighted by Crippen LogP contribution is -2.25. The maximum Gasteiger partial charge on any atom is 0.194 e. The fourth-order valence-electron chi connectivity index (χ4n) is 6.10. The van der Waals surface area contributed by atoms with E-state index in [1.807, 2.05) is 0 Å². The molecule has 2 aromatic rings. The van der Waals surface area contributed by atoms with Crippen molar-refractivity contribution in [2.24, 2.45) is 17.8 Å². The molecule has 0 atom stereocenters. The van der Waals surface area contributed by atoms with E-state index in [1.54, 1.807) is 6.92 Å². The summed E-state index contributed by atoms with van der Waals surface area (Å²) in [4.78, 5) is 0. The van der Waals surface area contributed by atoms with Crippen molar-refractivity contribution < 1.29 is 26.7 Å². The fraction of sp³-hybridized carbons (Fsp3) is 0.571. The highest BCUT2D eigenvalue weighted by Gasteiger charge is 2.33. The Labute approximate surface area is 198 Å². The van der Waals surface area contributed by atoms with Gasteiger partial charge in [0, 0.05) is 23.3 Å². The first kappa shape index (κ1) is 25.0. The van der Waals surface area contributed by atoms with Gasteiger partial charge in [-0.1, -0.05) is 33.1 Å². The summed E-state index contributed by atoms with van der Waals surface area (Å²) in [6.07, 6.45) is 10.2. The average Bonchev–Trinajstić information content (AvgIpc) is 2.85. The smallest absolute Gasteiger partial charge is 0.194 e. The molecule has 2 saturated carbocycles. The summed E-state index contributed by atoms with van der Waals surface area (Å²) in [5.74, 6) is -4.34. The zero-order valence-corrected chi connectivity index (χ0v) is 19.9. The first-order valence-corrected chi connectivity index (χ1v) is 12.6. The molecule has 0 amide bonds. The van der Waals surface area contributed by atoms with Crippen LogP contribution in [0.1, 0.15) is 88.7 Å². The van der Waals surface area contributed by atoms with E-state index >= 15 is 0 Å². The molecular formula is C28H33F5O. The Bertz CT molecular complexity index is 981. The van der Waals surface area contributed by atoms with Crippen LogP contribution < -0.4 is 4.74 Å². The first-order chi connectivity index (χ1) is 16.3. The third-order valence-electron chi connectivity index (χ3n) is 8.17. The number of halogens is 5. The van der Waals surface area contributed by atoms with Gasteiger partial charge in [-0.25, -0.2) is 22.0 Å². The van der Waals surface area contributed by atoms with Gasteiger partial charge in [0.05, 0.1) is 0 Å². The van der Waals surface area contributed by atoms with Crippen LogP contribution in [0.25, 0.3) is 0 Å². The molecule has 0 saturated heterocycles. The Hall–Kier alpha value is -2.11. The summed E-state index contributed by atoms with van der Waals surface area (Å²) in [6.45, 7) is 3.93. The molecule has 0 spiro atoms. The van der Waals surface area contributed by atoms with Crippen LogP contribution in [0.3, 0.4) is 0 Å². The summed E-state index contributed by atoms with van der Waals surface area (Å²) in [5, 5.41) is 0. The molecule has 2 fully saturated rings. The summed E-state index contributed by atoms with van der Waals surface area (Å²) in [7, 11) is 0. The minimum absolute atomic E-state index is 0.0279. The Morgan fingerprint density at radius 1 is 0.706 bits per heavy atom. The SMILES string of the molecule is CCc1c(F)c(F)cc(C2CCC(C3CCC(CC)CC3)CC2)c1Oc1cc(F)c(F)c(F)c1. The van der Waals surface area contributed by atoms with Crippen LogP contribution in [-0.2, 0) is 6.42 Å². The zero-order valence-electron chi connectivity index (χ0n) is 19.9. The van der Waals surface area contributed by atoms with Crippen LogP contribution in [0.15, 0.2) is 18.2 Å². The highest BCUT2D eigenvalue weighted by molar-refractivity contribution is 5.48. The normalized spacial score (nSPS) is 25.4. The molecule has 0 aliphatic heterocycles. The molecule has 34 heavy (non-hydrogen) atoms. The van der Waals surface area contributed by atoms with E-state index < -0.39 is 29.1 Å². The van der Waals surface area contributed by atoms with Crippen molar-refractivity contribution in [1.29, 1.82) is 0 Å². The molecule has 0 N–H and O–H groups in total. The van der Waals surface area contributed by atoms with Gasteiger partial charge in [0.25, 0.3) is 0 Å². The Morgan fingerprint density at radius 2 is 1.24 bits per heavy atom. The molecule has 0 unspecified atom stereocenters. The predicted octanol–water partition coefficient (Wildman–Crippen LogP) is 9.23. The number of hydrogen-bond acceptors (Lipinski definition) is 1. The molecule has 0 bridgehead atoms. The molecule has 2 aliphatic carbocycles. The largest absolute Gasteiger partial charge is 0.456 e. The van der Waals surface area contributed by atoms with Crippen LogP contribution in [-0.4, -0.2) is 0 Å². The Balaban J connectivity index is 1.57. The van der Waals surface area contributed by atoms with E-state index in [0.29, 0.717) is 11.5 Å². The quantitative estimate of drug-likeness (QED) is 0.296. The van der Waals surface area contributed by atoms with E-state index in [9.17, 15) is 22.0 Å². The highest BCUT2D eigenvalue weighted by Crippen LogP contribution is 2.47. The molecule has 0 heterocycles. The topological polar surface area (TPSA) is 9.23 Å². The lowest BCUT2D eigenvalue weighted by Gasteiger charge is -2.38. The fourth-order valence-corrected chi connectivity index (χ4v) is 6.10. The van der Waals surface area contributed by atoms with Crippen molar-refractivity contribution in [3.63, 3.8) is 0 Å². The minimum atomic E-state index is -1.60. The van der Waals surface area contributed by atoms with Gasteiger partial charge in [0.15, 0.2) is 29.1 Å². The summed E-state index contributed by atoms with van der Waals surface area (Å²) in [5.41, 5.74) is 0.550. The van der Waals surface area contributed by atoms with E-state index in [2.05, 4.69) is 6.92 Å². The maximum atomic E-state index is 14.6. The molecule has 1 nitrogen and oxygen atoms in total. The number of hydrogen-bond donors (Lipinski definition) is 0. The standard InChI is InChI=1S/C28H33F5O/c1-3-16-5-7-17(8-6-16)18-9-11-19(12-10-18)22-15-25(31)26(32)21(4-2)28(22)34-20-13-23(29)27(33)24(30)14-20/h13-19H,3-12H2,1-2H3. The van der Waals surface area contributed by atoms with Crippen LogP contribution in [0.2, 0.25) is 0 Å². The monoisotopic (exact) mass is 480 g/mol. The third kappa shape index (κ3) is 5.11. The average molecular weight is 481 g/mol. The summed E-state index contributed by atoms with van der Waals surface area (Å²) in [6, 6.07) is 2.62. The van der Waals surface area contributed by atoms with E-state index in [4.69, 9.17) is 4.74 Å². The summed E-state index contributed by atoms with van der Waals surface area (Å²) < 4.78 is 75.8. The number of ether oxygens (including phenoxy) is 1. The van der Waals surface area contributed by atoms with Crippen LogP contribution >= 0.6 is 0 Å². The highest BCUT2D eigenvalue weighted by atomic mass is 19.2. The first-order valence-electron chi connectivity index (χ1n) is 12.6. The van der Waals surface area contributed by atoms with Gasteiger partial charge in [0.2, 0.25) is 0 Å². The second kappa shape index (κ2) is 10.7. The maximum absolute atomic E-state index is 14.6. The van der Waals surface area contributed by atoms with Gasteiger partial charge in [-0.3, -0.25) is 0 Å². The lowest BCUT2D eigenvalue weighted by atomic mass is 9.68. The van der Waals surface area contributed by atoms with Gasteiger partial charge in [-0.05, 0) is 74.7 Å². The predicted molar refractivity (Wildman–Crippen MR) is 123 cm³/mol. The molecule has 2 aromatic carbocycles. The van der Waals surface area contributed by atoms with Crippen LogP contribution in [0, 0.1) is 46.8 Å². The van der Waals surface area contributed by atoms with Crippen molar-refractivity contribution in [3.05, 3.63) is 58.4 Å². The van der Waals surface area contributed by atoms with Crippen molar-refractivity contribution in [2.45, 2.75) is 84.0 Å². The molecule has 0 radical (unpaired) electrons. The van der Waals surface area contributed by atoms with Gasteiger partial charge in [-0.2, -0.15) is 0 Å². The molecule has 2 aliphatic rings. The third-order valence-corrected chi connectivity index (χ3v) is 8.17. The lowest BCUT2D eigenvalue weighted by molar-refractivity contribution is 0.158.